The first kappa shape index (κ1) is 13.5. The van der Waals surface area contributed by atoms with Gasteiger partial charge in [-0.3, -0.25) is 9.69 Å². The van der Waals surface area contributed by atoms with E-state index < -0.39 is 0 Å². The van der Waals surface area contributed by atoms with Crippen LogP contribution < -0.4 is 0 Å². The fraction of sp³-hybridized carbons (Fsp3) is 0.308. The first-order valence-corrected chi connectivity index (χ1v) is 7.29. The smallest absolute Gasteiger partial charge is 0.193 e. The molecule has 2 heterocycles. The Balaban J connectivity index is 1.93. The van der Waals surface area contributed by atoms with E-state index in [1.54, 1.807) is 11.3 Å². The molecule has 0 saturated heterocycles. The van der Waals surface area contributed by atoms with Crippen molar-refractivity contribution >= 4 is 33.0 Å². The Kier molecular flexibility index (Phi) is 4.37. The number of rotatable bonds is 5. The Labute approximate surface area is 119 Å². The van der Waals surface area contributed by atoms with Gasteiger partial charge in [0.1, 0.15) is 0 Å². The number of Topliss-reactive ketones (excluding diaryl/α,β-unsaturated/α-hetero) is 1. The van der Waals surface area contributed by atoms with E-state index in [1.807, 2.05) is 41.9 Å². The van der Waals surface area contributed by atoms with E-state index >= 15 is 0 Å². The summed E-state index contributed by atoms with van der Waals surface area (Å²) in [6.07, 6.45) is 1.89. The Hall–Kier alpha value is -0.910. The third-order valence-electron chi connectivity index (χ3n) is 2.69. The fourth-order valence-corrected chi connectivity index (χ4v) is 3.37. The molecule has 0 radical (unpaired) electrons. The maximum atomic E-state index is 12.1. The topological polar surface area (TPSA) is 25.2 Å². The number of likely N-dealkylation sites (N-methyl/N-ethyl adjacent to an activating group) is 1. The van der Waals surface area contributed by atoms with Crippen LogP contribution in [0.25, 0.3) is 0 Å². The van der Waals surface area contributed by atoms with Gasteiger partial charge in [0.2, 0.25) is 0 Å². The minimum Gasteiger partial charge on any atom is -0.348 e. The normalized spacial score (nSPS) is 11.1. The van der Waals surface area contributed by atoms with Crippen LogP contribution in [0.5, 0.6) is 0 Å². The highest BCUT2D eigenvalue weighted by Gasteiger charge is 2.12. The zero-order valence-corrected chi connectivity index (χ0v) is 12.8. The van der Waals surface area contributed by atoms with E-state index in [0.29, 0.717) is 6.54 Å². The lowest BCUT2D eigenvalue weighted by Gasteiger charge is -2.14. The summed E-state index contributed by atoms with van der Waals surface area (Å²) in [5, 5.41) is 2.06. The van der Waals surface area contributed by atoms with Crippen LogP contribution in [0.4, 0.5) is 0 Å². The van der Waals surface area contributed by atoms with Gasteiger partial charge in [-0.05, 0) is 41.2 Å². The van der Waals surface area contributed by atoms with Crippen molar-refractivity contribution in [1.29, 1.82) is 0 Å². The van der Waals surface area contributed by atoms with Crippen molar-refractivity contribution in [3.63, 3.8) is 0 Å². The summed E-state index contributed by atoms with van der Waals surface area (Å²) in [5.74, 6) is 0.153. The zero-order valence-electron chi connectivity index (χ0n) is 10.4. The molecule has 0 aliphatic rings. The van der Waals surface area contributed by atoms with Gasteiger partial charge < -0.3 is 4.57 Å². The number of carbonyl (C=O) groups is 1. The average Bonchev–Trinajstić information content (AvgIpc) is 2.87. The van der Waals surface area contributed by atoms with Crippen molar-refractivity contribution in [3.8, 4) is 0 Å². The minimum atomic E-state index is 0.153. The number of thiophene rings is 1. The number of ketones is 1. The molecule has 0 bridgehead atoms. The van der Waals surface area contributed by atoms with Gasteiger partial charge in [-0.25, -0.2) is 0 Å². The van der Waals surface area contributed by atoms with Crippen LogP contribution in [-0.2, 0) is 13.6 Å². The molecule has 0 aliphatic carbocycles. The van der Waals surface area contributed by atoms with Crippen LogP contribution in [0.3, 0.4) is 0 Å². The molecule has 0 aliphatic heterocycles. The van der Waals surface area contributed by atoms with Crippen LogP contribution in [0, 0.1) is 0 Å². The molecule has 0 fully saturated rings. The maximum absolute atomic E-state index is 12.1. The Morgan fingerprint density at radius 1 is 1.56 bits per heavy atom. The van der Waals surface area contributed by atoms with Gasteiger partial charge in [0.05, 0.1) is 12.2 Å². The molecule has 0 amide bonds. The first-order valence-electron chi connectivity index (χ1n) is 5.62. The SMILES string of the molecule is CN(CC(=O)c1cccn1C)Cc1cc(Br)cs1. The highest BCUT2D eigenvalue weighted by molar-refractivity contribution is 9.10. The quantitative estimate of drug-likeness (QED) is 0.788. The number of carbonyl (C=O) groups excluding carboxylic acids is 1. The molecule has 0 spiro atoms. The van der Waals surface area contributed by atoms with Crippen LogP contribution >= 0.6 is 27.3 Å². The molecule has 96 valence electrons. The maximum Gasteiger partial charge on any atom is 0.193 e. The van der Waals surface area contributed by atoms with Crippen LogP contribution in [0.1, 0.15) is 15.4 Å². The van der Waals surface area contributed by atoms with Crippen LogP contribution in [0.2, 0.25) is 0 Å². The van der Waals surface area contributed by atoms with Crippen molar-refractivity contribution in [2.75, 3.05) is 13.6 Å². The molecule has 2 aromatic heterocycles. The Bertz CT molecular complexity index is 547. The molecule has 5 heteroatoms. The molecule has 2 aromatic rings. The van der Waals surface area contributed by atoms with Gasteiger partial charge in [0.25, 0.3) is 0 Å². The minimum absolute atomic E-state index is 0.153. The summed E-state index contributed by atoms with van der Waals surface area (Å²) < 4.78 is 2.96. The van der Waals surface area contributed by atoms with E-state index in [-0.39, 0.29) is 5.78 Å². The van der Waals surface area contributed by atoms with Crippen molar-refractivity contribution in [2.45, 2.75) is 6.54 Å². The number of hydrogen-bond acceptors (Lipinski definition) is 3. The second-order valence-corrected chi connectivity index (χ2v) is 6.24. The van der Waals surface area contributed by atoms with E-state index in [2.05, 4.69) is 27.4 Å². The summed E-state index contributed by atoms with van der Waals surface area (Å²) in [7, 11) is 3.86. The van der Waals surface area contributed by atoms with Gasteiger partial charge in [-0.1, -0.05) is 0 Å². The van der Waals surface area contributed by atoms with E-state index in [1.165, 1.54) is 4.88 Å². The monoisotopic (exact) mass is 326 g/mol. The second-order valence-electron chi connectivity index (χ2n) is 4.33. The average molecular weight is 327 g/mol. The molecule has 0 N–H and O–H groups in total. The van der Waals surface area contributed by atoms with Crippen LogP contribution in [0.15, 0.2) is 34.2 Å². The standard InChI is InChI=1S/C13H15BrN2OS/c1-15(7-11-6-10(14)9-18-11)8-13(17)12-4-3-5-16(12)2/h3-6,9H,7-8H2,1-2H3. The summed E-state index contributed by atoms with van der Waals surface area (Å²) >= 11 is 5.14. The third-order valence-corrected chi connectivity index (χ3v) is 4.37. The molecule has 0 unspecified atom stereocenters. The zero-order chi connectivity index (χ0) is 13.1. The molecule has 0 saturated carbocycles. The molecule has 3 nitrogen and oxygen atoms in total. The van der Waals surface area contributed by atoms with E-state index in [4.69, 9.17) is 0 Å². The van der Waals surface area contributed by atoms with Gasteiger partial charge >= 0.3 is 0 Å². The molecule has 18 heavy (non-hydrogen) atoms. The van der Waals surface area contributed by atoms with Gasteiger partial charge in [0.15, 0.2) is 5.78 Å². The highest BCUT2D eigenvalue weighted by atomic mass is 79.9. The number of nitrogens with zero attached hydrogens (tertiary/aromatic N) is 2. The molecule has 0 atom stereocenters. The van der Waals surface area contributed by atoms with Gasteiger partial charge in [0, 0.05) is 34.5 Å². The summed E-state index contributed by atoms with van der Waals surface area (Å²) in [5.41, 5.74) is 0.759. The number of aromatic nitrogens is 1. The highest BCUT2D eigenvalue weighted by Crippen LogP contribution is 2.20. The van der Waals surface area contributed by atoms with Gasteiger partial charge in [-0.2, -0.15) is 0 Å². The molecular formula is C13H15BrN2OS. The summed E-state index contributed by atoms with van der Waals surface area (Å²) in [6.45, 7) is 1.24. The lowest BCUT2D eigenvalue weighted by molar-refractivity contribution is 0.0935. The van der Waals surface area contributed by atoms with Gasteiger partial charge in [-0.15, -0.1) is 11.3 Å². The third kappa shape index (κ3) is 3.31. The number of halogens is 1. The van der Waals surface area contributed by atoms with Crippen LogP contribution in [-0.4, -0.2) is 28.8 Å². The summed E-state index contributed by atoms with van der Waals surface area (Å²) in [6, 6.07) is 5.84. The summed E-state index contributed by atoms with van der Waals surface area (Å²) in [4.78, 5) is 15.4. The Morgan fingerprint density at radius 2 is 2.33 bits per heavy atom. The molecule has 2 rings (SSSR count). The molecule has 0 aromatic carbocycles. The largest absolute Gasteiger partial charge is 0.348 e. The van der Waals surface area contributed by atoms with Crippen molar-refractivity contribution in [2.24, 2.45) is 7.05 Å². The number of hydrogen-bond donors (Lipinski definition) is 0. The predicted molar refractivity (Wildman–Crippen MR) is 78.1 cm³/mol. The van der Waals surface area contributed by atoms with E-state index in [0.717, 1.165) is 16.7 Å². The fourth-order valence-electron chi connectivity index (χ4n) is 1.84. The second kappa shape index (κ2) is 5.82. The van der Waals surface area contributed by atoms with Crippen molar-refractivity contribution in [3.05, 3.63) is 44.8 Å². The Morgan fingerprint density at radius 3 is 2.89 bits per heavy atom. The lowest BCUT2D eigenvalue weighted by Crippen LogP contribution is -2.26. The van der Waals surface area contributed by atoms with Crippen molar-refractivity contribution in [1.82, 2.24) is 9.47 Å². The predicted octanol–water partition coefficient (Wildman–Crippen LogP) is 3.16. The first-order chi connectivity index (χ1) is 8.56. The van der Waals surface area contributed by atoms with E-state index in [9.17, 15) is 4.79 Å². The molecular weight excluding hydrogens is 312 g/mol. The number of aryl methyl sites for hydroxylation is 1. The van der Waals surface area contributed by atoms with Crippen molar-refractivity contribution < 1.29 is 4.79 Å². The lowest BCUT2D eigenvalue weighted by atomic mass is 10.2.